The van der Waals surface area contributed by atoms with Gasteiger partial charge in [-0.1, -0.05) is 44.2 Å². The van der Waals surface area contributed by atoms with Gasteiger partial charge in [0.1, 0.15) is 0 Å². The van der Waals surface area contributed by atoms with Crippen LogP contribution >= 0.6 is 0 Å². The van der Waals surface area contributed by atoms with Crippen molar-refractivity contribution in [3.63, 3.8) is 0 Å². The molecule has 1 fully saturated rings. The summed E-state index contributed by atoms with van der Waals surface area (Å²) < 4.78 is 23.1. The van der Waals surface area contributed by atoms with E-state index in [4.69, 9.17) is 4.99 Å². The molecule has 7 nitrogen and oxygen atoms in total. The SMILES string of the molecule is CCNC(=NCC(c1ccccc1)N(CC)CC)NCCN1CCS(=O)(=O)CC1. The highest BCUT2D eigenvalue weighted by atomic mass is 32.2. The molecule has 0 spiro atoms. The summed E-state index contributed by atoms with van der Waals surface area (Å²) in [7, 11) is -2.83. The number of hydrogen-bond donors (Lipinski definition) is 2. The zero-order chi connectivity index (χ0) is 21.1. The van der Waals surface area contributed by atoms with Crippen LogP contribution in [0.25, 0.3) is 0 Å². The third kappa shape index (κ3) is 7.95. The van der Waals surface area contributed by atoms with E-state index in [1.165, 1.54) is 5.56 Å². The van der Waals surface area contributed by atoms with Crippen molar-refractivity contribution in [2.45, 2.75) is 26.8 Å². The highest BCUT2D eigenvalue weighted by molar-refractivity contribution is 7.91. The van der Waals surface area contributed by atoms with E-state index < -0.39 is 9.84 Å². The fraction of sp³-hybridized carbons (Fsp3) is 0.667. The summed E-state index contributed by atoms with van der Waals surface area (Å²) >= 11 is 0. The Morgan fingerprint density at radius 1 is 1.10 bits per heavy atom. The lowest BCUT2D eigenvalue weighted by Gasteiger charge is -2.29. The van der Waals surface area contributed by atoms with Gasteiger partial charge in [0.2, 0.25) is 0 Å². The molecule has 1 heterocycles. The zero-order valence-electron chi connectivity index (χ0n) is 18.1. The number of aliphatic imine (C=N–C) groups is 1. The molecule has 0 aliphatic carbocycles. The molecule has 0 radical (unpaired) electrons. The number of hydrogen-bond acceptors (Lipinski definition) is 5. The fourth-order valence-electron chi connectivity index (χ4n) is 3.60. The van der Waals surface area contributed by atoms with Gasteiger partial charge < -0.3 is 10.6 Å². The third-order valence-electron chi connectivity index (χ3n) is 5.36. The summed E-state index contributed by atoms with van der Waals surface area (Å²) in [5.74, 6) is 1.35. The van der Waals surface area contributed by atoms with Crippen LogP contribution in [-0.2, 0) is 9.84 Å². The van der Waals surface area contributed by atoms with Crippen molar-refractivity contribution < 1.29 is 8.42 Å². The predicted octanol–water partition coefficient (Wildman–Crippen LogP) is 1.36. The van der Waals surface area contributed by atoms with Gasteiger partial charge in [-0.15, -0.1) is 0 Å². The Morgan fingerprint density at radius 3 is 2.34 bits per heavy atom. The van der Waals surface area contributed by atoms with Crippen LogP contribution < -0.4 is 10.6 Å². The van der Waals surface area contributed by atoms with E-state index in [0.29, 0.717) is 19.6 Å². The second-order valence-electron chi connectivity index (χ2n) is 7.29. The van der Waals surface area contributed by atoms with Crippen LogP contribution in [0.15, 0.2) is 35.3 Å². The van der Waals surface area contributed by atoms with Crippen molar-refractivity contribution in [1.82, 2.24) is 20.4 Å². The minimum atomic E-state index is -2.83. The molecule has 1 atom stereocenters. The molecule has 0 saturated carbocycles. The molecule has 0 bridgehead atoms. The van der Waals surface area contributed by atoms with E-state index in [0.717, 1.165) is 38.7 Å². The third-order valence-corrected chi connectivity index (χ3v) is 6.97. The lowest BCUT2D eigenvalue weighted by Crippen LogP contribution is -2.46. The Morgan fingerprint density at radius 2 is 1.76 bits per heavy atom. The average molecular weight is 424 g/mol. The summed E-state index contributed by atoms with van der Waals surface area (Å²) in [6.45, 7) is 12.7. The van der Waals surface area contributed by atoms with E-state index in [1.54, 1.807) is 0 Å². The smallest absolute Gasteiger partial charge is 0.191 e. The Hall–Kier alpha value is -1.64. The molecule has 164 valence electrons. The number of likely N-dealkylation sites (N-methyl/N-ethyl adjacent to an activating group) is 1. The number of sulfone groups is 1. The molecule has 1 saturated heterocycles. The van der Waals surface area contributed by atoms with E-state index in [9.17, 15) is 8.42 Å². The largest absolute Gasteiger partial charge is 0.357 e. The first-order valence-electron chi connectivity index (χ1n) is 10.7. The van der Waals surface area contributed by atoms with Gasteiger partial charge >= 0.3 is 0 Å². The Labute approximate surface area is 176 Å². The van der Waals surface area contributed by atoms with Crippen LogP contribution in [-0.4, -0.2) is 88.0 Å². The van der Waals surface area contributed by atoms with Crippen LogP contribution in [0.4, 0.5) is 0 Å². The van der Waals surface area contributed by atoms with Crippen molar-refractivity contribution in [3.8, 4) is 0 Å². The monoisotopic (exact) mass is 423 g/mol. The fourth-order valence-corrected chi connectivity index (χ4v) is 4.87. The first-order chi connectivity index (χ1) is 14.0. The van der Waals surface area contributed by atoms with E-state index in [-0.39, 0.29) is 17.5 Å². The van der Waals surface area contributed by atoms with Crippen LogP contribution in [0.1, 0.15) is 32.4 Å². The lowest BCUT2D eigenvalue weighted by molar-refractivity contribution is 0.224. The molecule has 1 aliphatic heterocycles. The van der Waals surface area contributed by atoms with Gasteiger partial charge in [0.05, 0.1) is 24.1 Å². The minimum Gasteiger partial charge on any atom is -0.357 e. The first-order valence-corrected chi connectivity index (χ1v) is 12.5. The summed E-state index contributed by atoms with van der Waals surface area (Å²) in [6.07, 6.45) is 0. The van der Waals surface area contributed by atoms with Crippen molar-refractivity contribution >= 4 is 15.8 Å². The molecule has 0 aromatic heterocycles. The molecule has 2 N–H and O–H groups in total. The molecule has 0 amide bonds. The molecule has 2 rings (SSSR count). The number of nitrogens with zero attached hydrogens (tertiary/aromatic N) is 3. The molecule has 1 unspecified atom stereocenters. The Balaban J connectivity index is 1.94. The van der Waals surface area contributed by atoms with E-state index in [2.05, 4.69) is 65.5 Å². The topological polar surface area (TPSA) is 77.0 Å². The molecular formula is C21H37N5O2S. The van der Waals surface area contributed by atoms with E-state index in [1.807, 2.05) is 6.07 Å². The second-order valence-corrected chi connectivity index (χ2v) is 9.59. The number of benzene rings is 1. The van der Waals surface area contributed by atoms with Gasteiger partial charge in [-0.05, 0) is 25.6 Å². The molecule has 1 aliphatic rings. The summed E-state index contributed by atoms with van der Waals surface area (Å²) in [6, 6.07) is 10.8. The number of rotatable bonds is 10. The zero-order valence-corrected chi connectivity index (χ0v) is 18.9. The maximum Gasteiger partial charge on any atom is 0.191 e. The van der Waals surface area contributed by atoms with Gasteiger partial charge in [-0.3, -0.25) is 14.8 Å². The van der Waals surface area contributed by atoms with Crippen LogP contribution in [0, 0.1) is 0 Å². The molecule has 1 aromatic carbocycles. The van der Waals surface area contributed by atoms with Gasteiger partial charge in [0.25, 0.3) is 0 Å². The van der Waals surface area contributed by atoms with E-state index >= 15 is 0 Å². The summed E-state index contributed by atoms with van der Waals surface area (Å²) in [4.78, 5) is 9.47. The van der Waals surface area contributed by atoms with Crippen molar-refractivity contribution in [1.29, 1.82) is 0 Å². The van der Waals surface area contributed by atoms with Crippen molar-refractivity contribution in [2.24, 2.45) is 4.99 Å². The number of guanidine groups is 1. The Kier molecular flexibility index (Phi) is 9.90. The molecular weight excluding hydrogens is 386 g/mol. The average Bonchev–Trinajstić information content (AvgIpc) is 2.72. The summed E-state index contributed by atoms with van der Waals surface area (Å²) in [5.41, 5.74) is 1.28. The molecule has 1 aromatic rings. The predicted molar refractivity (Wildman–Crippen MR) is 121 cm³/mol. The van der Waals surface area contributed by atoms with Crippen molar-refractivity contribution in [2.75, 3.05) is 63.9 Å². The highest BCUT2D eigenvalue weighted by Gasteiger charge is 2.21. The van der Waals surface area contributed by atoms with Crippen molar-refractivity contribution in [3.05, 3.63) is 35.9 Å². The molecule has 29 heavy (non-hydrogen) atoms. The van der Waals surface area contributed by atoms with Gasteiger partial charge in [-0.25, -0.2) is 8.42 Å². The second kappa shape index (κ2) is 12.1. The quantitative estimate of drug-likeness (QED) is 0.437. The van der Waals surface area contributed by atoms with Crippen LogP contribution in [0.2, 0.25) is 0 Å². The maximum absolute atomic E-state index is 11.6. The molecule has 8 heteroatoms. The maximum atomic E-state index is 11.6. The summed E-state index contributed by atoms with van der Waals surface area (Å²) in [5, 5.41) is 6.72. The van der Waals surface area contributed by atoms with Crippen LogP contribution in [0.3, 0.4) is 0 Å². The van der Waals surface area contributed by atoms with Gasteiger partial charge in [0, 0.05) is 32.7 Å². The van der Waals surface area contributed by atoms with Gasteiger partial charge in [0.15, 0.2) is 15.8 Å². The minimum absolute atomic E-state index is 0.244. The standard InChI is InChI=1S/C21H37N5O2S/c1-4-22-21(23-12-13-25-14-16-29(27,28)17-15-25)24-18-20(26(5-2)6-3)19-10-8-7-9-11-19/h7-11,20H,4-6,12-18H2,1-3H3,(H2,22,23,24). The Bertz CT molecular complexity index is 706. The normalized spacial score (nSPS) is 18.6. The highest BCUT2D eigenvalue weighted by Crippen LogP contribution is 2.20. The first kappa shape index (κ1) is 23.6. The lowest BCUT2D eigenvalue weighted by atomic mass is 10.1. The van der Waals surface area contributed by atoms with Gasteiger partial charge in [-0.2, -0.15) is 0 Å². The number of nitrogens with one attached hydrogen (secondary N) is 2. The van der Waals surface area contributed by atoms with Crippen LogP contribution in [0.5, 0.6) is 0 Å².